The highest BCUT2D eigenvalue weighted by molar-refractivity contribution is 9.10. The van der Waals surface area contributed by atoms with Gasteiger partial charge in [0, 0.05) is 4.47 Å². The van der Waals surface area contributed by atoms with Gasteiger partial charge in [-0.1, -0.05) is 65.1 Å². The van der Waals surface area contributed by atoms with E-state index in [-0.39, 0.29) is 0 Å². The van der Waals surface area contributed by atoms with Gasteiger partial charge >= 0.3 is 0 Å². The molecule has 6 heteroatoms. The lowest BCUT2D eigenvalue weighted by Gasteiger charge is -2.09. The Morgan fingerprint density at radius 1 is 1.19 bits per heavy atom. The lowest BCUT2D eigenvalue weighted by atomic mass is 10.1. The molecule has 0 unspecified atom stereocenters. The van der Waals surface area contributed by atoms with Gasteiger partial charge in [0.05, 0.1) is 11.3 Å². The average Bonchev–Trinajstić information content (AvgIpc) is 2.37. The minimum Gasteiger partial charge on any atom is -0.220 e. The summed E-state index contributed by atoms with van der Waals surface area (Å²) in [7, 11) is 0. The van der Waals surface area contributed by atoms with Crippen molar-refractivity contribution in [1.29, 1.82) is 0 Å². The van der Waals surface area contributed by atoms with Crippen LogP contribution in [0.15, 0.2) is 28.7 Å². The van der Waals surface area contributed by atoms with Crippen LogP contribution in [0.1, 0.15) is 19.7 Å². The van der Waals surface area contributed by atoms with Crippen LogP contribution in [0.4, 0.5) is 0 Å². The number of hydrogen-bond acceptors (Lipinski definition) is 3. The van der Waals surface area contributed by atoms with Crippen LogP contribution >= 0.6 is 50.9 Å². The normalized spacial score (nSPS) is 11.1. The molecule has 2 aromatic rings. The van der Waals surface area contributed by atoms with Crippen molar-refractivity contribution in [3.8, 4) is 11.1 Å². The summed E-state index contributed by atoms with van der Waals surface area (Å²) in [4.78, 5) is 8.74. The Balaban J connectivity index is 2.25. The van der Waals surface area contributed by atoms with Gasteiger partial charge in [-0.3, -0.25) is 0 Å². The molecule has 112 valence electrons. The van der Waals surface area contributed by atoms with Gasteiger partial charge in [-0.15, -0.1) is 0 Å². The molecule has 1 aromatic heterocycles. The van der Waals surface area contributed by atoms with Crippen molar-refractivity contribution >= 4 is 50.9 Å². The van der Waals surface area contributed by atoms with Crippen LogP contribution in [0.5, 0.6) is 0 Å². The van der Waals surface area contributed by atoms with Crippen LogP contribution < -0.4 is 0 Å². The smallest absolute Gasteiger partial charge is 0.142 e. The predicted molar refractivity (Wildman–Crippen MR) is 96.2 cm³/mol. The quantitative estimate of drug-likeness (QED) is 0.561. The monoisotopic (exact) mass is 404 g/mol. The Labute approximate surface area is 147 Å². The Morgan fingerprint density at radius 3 is 2.43 bits per heavy atom. The van der Waals surface area contributed by atoms with Gasteiger partial charge in [-0.05, 0) is 29.4 Å². The van der Waals surface area contributed by atoms with Gasteiger partial charge in [0.15, 0.2) is 0 Å². The molecule has 0 aliphatic carbocycles. The topological polar surface area (TPSA) is 25.8 Å². The van der Waals surface area contributed by atoms with E-state index < -0.39 is 0 Å². The predicted octanol–water partition coefficient (Wildman–Crippen LogP) is 6.10. The van der Waals surface area contributed by atoms with Gasteiger partial charge in [0.25, 0.3) is 0 Å². The summed E-state index contributed by atoms with van der Waals surface area (Å²) in [5.41, 5.74) is 1.58. The number of benzene rings is 1. The molecule has 0 saturated carbocycles. The Morgan fingerprint density at radius 2 is 1.86 bits per heavy atom. The van der Waals surface area contributed by atoms with Gasteiger partial charge in [0.2, 0.25) is 0 Å². The van der Waals surface area contributed by atoms with E-state index in [9.17, 15) is 0 Å². The molecule has 0 saturated heterocycles. The zero-order chi connectivity index (χ0) is 15.4. The number of rotatable bonds is 5. The van der Waals surface area contributed by atoms with Crippen LogP contribution in [0, 0.1) is 5.92 Å². The maximum atomic E-state index is 6.30. The first-order chi connectivity index (χ1) is 9.97. The molecule has 0 bridgehead atoms. The van der Waals surface area contributed by atoms with E-state index in [4.69, 9.17) is 23.2 Å². The minimum atomic E-state index is 0.397. The van der Waals surface area contributed by atoms with E-state index in [2.05, 4.69) is 39.7 Å². The largest absolute Gasteiger partial charge is 0.220 e. The highest BCUT2D eigenvalue weighted by Crippen LogP contribution is 2.34. The van der Waals surface area contributed by atoms with Gasteiger partial charge in [0.1, 0.15) is 16.1 Å². The third kappa shape index (κ3) is 4.85. The summed E-state index contributed by atoms with van der Waals surface area (Å²) in [5.74, 6) is 3.10. The summed E-state index contributed by atoms with van der Waals surface area (Å²) >= 11 is 17.8. The van der Waals surface area contributed by atoms with Crippen molar-refractivity contribution in [2.45, 2.75) is 19.6 Å². The van der Waals surface area contributed by atoms with Crippen molar-refractivity contribution in [3.63, 3.8) is 0 Å². The van der Waals surface area contributed by atoms with Crippen LogP contribution in [-0.4, -0.2) is 15.7 Å². The number of aromatic nitrogens is 2. The summed E-state index contributed by atoms with van der Waals surface area (Å²) in [6.45, 7) is 4.37. The molecule has 21 heavy (non-hydrogen) atoms. The Bertz CT molecular complexity index is 612. The van der Waals surface area contributed by atoms with E-state index in [1.165, 1.54) is 0 Å². The Hall–Kier alpha value is -0.290. The van der Waals surface area contributed by atoms with Gasteiger partial charge in [-0.2, -0.15) is 11.8 Å². The average molecular weight is 406 g/mol. The van der Waals surface area contributed by atoms with Crippen molar-refractivity contribution in [2.75, 3.05) is 5.75 Å². The molecular weight excluding hydrogens is 391 g/mol. The zero-order valence-corrected chi connectivity index (χ0v) is 15.7. The van der Waals surface area contributed by atoms with E-state index >= 15 is 0 Å². The molecule has 0 atom stereocenters. The van der Waals surface area contributed by atoms with Crippen molar-refractivity contribution < 1.29 is 0 Å². The second-order valence-electron chi connectivity index (χ2n) is 5.02. The summed E-state index contributed by atoms with van der Waals surface area (Å²) in [6.07, 6.45) is 0. The fourth-order valence-electron chi connectivity index (χ4n) is 1.78. The van der Waals surface area contributed by atoms with Crippen molar-refractivity contribution in [2.24, 2.45) is 5.92 Å². The molecule has 0 aliphatic heterocycles. The van der Waals surface area contributed by atoms with Gasteiger partial charge in [-0.25, -0.2) is 9.97 Å². The lowest BCUT2D eigenvalue weighted by molar-refractivity contribution is 0.750. The van der Waals surface area contributed by atoms with Crippen molar-refractivity contribution in [3.05, 3.63) is 44.9 Å². The van der Waals surface area contributed by atoms with Crippen LogP contribution in [0.2, 0.25) is 10.3 Å². The maximum absolute atomic E-state index is 6.30. The highest BCUT2D eigenvalue weighted by Gasteiger charge is 2.14. The highest BCUT2D eigenvalue weighted by atomic mass is 79.9. The molecule has 1 heterocycles. The number of thioether (sulfide) groups is 1. The third-order valence-electron chi connectivity index (χ3n) is 2.66. The van der Waals surface area contributed by atoms with E-state index in [1.54, 1.807) is 11.8 Å². The molecule has 2 rings (SSSR count). The summed E-state index contributed by atoms with van der Waals surface area (Å²) in [6, 6.07) is 7.76. The third-order valence-corrected chi connectivity index (χ3v) is 5.07. The van der Waals surface area contributed by atoms with E-state index in [0.29, 0.717) is 27.6 Å². The molecule has 0 radical (unpaired) electrons. The Kier molecular flexibility index (Phi) is 6.35. The molecular formula is C15H15BrCl2N2S. The fourth-order valence-corrected chi connectivity index (χ4v) is 3.72. The first-order valence-corrected chi connectivity index (χ1v) is 9.23. The zero-order valence-electron chi connectivity index (χ0n) is 11.7. The van der Waals surface area contributed by atoms with Crippen LogP contribution in [0.3, 0.4) is 0 Å². The minimum absolute atomic E-state index is 0.397. The molecule has 0 spiro atoms. The number of halogens is 3. The van der Waals surface area contributed by atoms with Crippen molar-refractivity contribution in [1.82, 2.24) is 9.97 Å². The molecule has 0 N–H and O–H groups in total. The molecule has 1 aromatic carbocycles. The first kappa shape index (κ1) is 17.1. The lowest BCUT2D eigenvalue weighted by Crippen LogP contribution is -1.99. The second-order valence-corrected chi connectivity index (χ2v) is 7.68. The first-order valence-electron chi connectivity index (χ1n) is 6.53. The number of hydrogen-bond donors (Lipinski definition) is 0. The van der Waals surface area contributed by atoms with E-state index in [1.807, 2.05) is 24.3 Å². The fraction of sp³-hybridized carbons (Fsp3) is 0.333. The van der Waals surface area contributed by atoms with Crippen LogP contribution in [0.25, 0.3) is 11.1 Å². The number of nitrogens with zero attached hydrogens (tertiary/aromatic N) is 2. The van der Waals surface area contributed by atoms with E-state index in [0.717, 1.165) is 21.5 Å². The second kappa shape index (κ2) is 7.82. The summed E-state index contributed by atoms with van der Waals surface area (Å²) < 4.78 is 0.962. The van der Waals surface area contributed by atoms with Crippen LogP contribution in [-0.2, 0) is 5.75 Å². The standard InChI is InChI=1S/C15H15BrCl2N2S/c1-9(2)7-21-8-12-19-14(17)13(15(18)20-12)10-4-3-5-11(16)6-10/h3-6,9H,7-8H2,1-2H3. The SMILES string of the molecule is CC(C)CSCc1nc(Cl)c(-c2cccc(Br)c2)c(Cl)n1. The molecule has 0 aliphatic rings. The maximum Gasteiger partial charge on any atom is 0.142 e. The molecule has 0 fully saturated rings. The summed E-state index contributed by atoms with van der Waals surface area (Å²) in [5, 5.41) is 0.793. The molecule has 0 amide bonds. The molecule has 2 nitrogen and oxygen atoms in total. The van der Waals surface area contributed by atoms with Gasteiger partial charge < -0.3 is 0 Å².